The van der Waals surface area contributed by atoms with Gasteiger partial charge in [0.1, 0.15) is 22.3 Å². The van der Waals surface area contributed by atoms with Gasteiger partial charge in [-0.25, -0.2) is 15.0 Å². The third kappa shape index (κ3) is 4.90. The Bertz CT molecular complexity index is 4010. The quantitative estimate of drug-likeness (QED) is 0.178. The normalized spacial score (nSPS) is 16.4. The molecule has 3 aromatic heterocycles. The summed E-state index contributed by atoms with van der Waals surface area (Å²) in [6.07, 6.45) is 0. The van der Waals surface area contributed by atoms with Crippen LogP contribution in [-0.2, 0) is 0 Å². The van der Waals surface area contributed by atoms with E-state index in [4.69, 9.17) is 28.0 Å². The first-order valence-electron chi connectivity index (χ1n) is 25.6. The van der Waals surface area contributed by atoms with Crippen LogP contribution in [0.15, 0.2) is 184 Å². The molecular weight excluding hydrogens is 663 g/mol. The molecule has 0 fully saturated rings. The van der Waals surface area contributed by atoms with Gasteiger partial charge in [-0.3, -0.25) is 0 Å². The standard InChI is InChI=1S/C49H29N3O2/c1-3-11-30(12-4-1)32-19-23-34(24-20-32)47-50-48(35-25-21-33(22-26-35)31-13-5-2-6-14-31)52-49(51-47)36-27-28-40-42(29-36)54-45-38-16-8-7-15-37(38)43-39-17-9-10-18-41(39)53-46(43)44(40)45/h1-29H/i1D,2D,3D,4D,5D,6D,11D,12D,13D,14D,19D,20D,21D,22D,23D,24D,25D,26D. The topological polar surface area (TPSA) is 65.0 Å². The number of benzene rings is 8. The highest BCUT2D eigenvalue weighted by atomic mass is 16.3. The van der Waals surface area contributed by atoms with E-state index in [1.54, 1.807) is 18.2 Å². The number of rotatable bonds is 5. The summed E-state index contributed by atoms with van der Waals surface area (Å²) in [6, 6.07) is 6.06. The van der Waals surface area contributed by atoms with Gasteiger partial charge in [0.2, 0.25) is 0 Å². The fourth-order valence-electron chi connectivity index (χ4n) is 6.62. The summed E-state index contributed by atoms with van der Waals surface area (Å²) in [5, 5.41) is 4.74. The molecule has 0 aliphatic heterocycles. The SMILES string of the molecule is [2H]c1c([2H])c([2H])c(-c2c([2H])c([2H])c(-c3nc(-c4ccc5c(c4)oc4c6ccccc6c6c7ccccc7oc6c54)nc(-c4c([2H])c([2H])c(-c5c([2H])c([2H])c([2H])c([2H])c5[2H])c([2H])c4[2H])n3)c([2H])c2[2H])c([2H])c1[2H]. The third-order valence-electron chi connectivity index (χ3n) is 9.04. The number of hydrogen-bond acceptors (Lipinski definition) is 5. The van der Waals surface area contributed by atoms with Crippen molar-refractivity contribution in [1.82, 2.24) is 15.0 Å². The second-order valence-corrected chi connectivity index (χ2v) is 12.2. The average molecular weight is 710 g/mol. The number of nitrogens with zero attached hydrogens (tertiary/aromatic N) is 3. The zero-order valence-electron chi connectivity index (χ0n) is 45.5. The van der Waals surface area contributed by atoms with E-state index >= 15 is 0 Å². The summed E-state index contributed by atoms with van der Waals surface area (Å²) < 4.78 is 169. The van der Waals surface area contributed by atoms with Crippen molar-refractivity contribution in [3.63, 3.8) is 0 Å². The van der Waals surface area contributed by atoms with Gasteiger partial charge >= 0.3 is 0 Å². The molecule has 0 aliphatic carbocycles. The number of hydrogen-bond donors (Lipinski definition) is 0. The smallest absolute Gasteiger partial charge is 0.164 e. The van der Waals surface area contributed by atoms with E-state index in [1.165, 1.54) is 0 Å². The van der Waals surface area contributed by atoms with Gasteiger partial charge in [-0.2, -0.15) is 0 Å². The largest absolute Gasteiger partial charge is 0.455 e. The van der Waals surface area contributed by atoms with Crippen LogP contribution in [0, 0.1) is 0 Å². The van der Waals surface area contributed by atoms with E-state index in [9.17, 15) is 5.48 Å². The summed E-state index contributed by atoms with van der Waals surface area (Å²) in [4.78, 5) is 13.7. The molecule has 0 aliphatic rings. The molecule has 0 spiro atoms. The first-order chi connectivity index (χ1) is 34.2. The van der Waals surface area contributed by atoms with Crippen LogP contribution in [0.2, 0.25) is 0 Å². The lowest BCUT2D eigenvalue weighted by Gasteiger charge is -2.10. The number of furan rings is 2. The maximum atomic E-state index is 9.23. The van der Waals surface area contributed by atoms with Crippen LogP contribution in [0.5, 0.6) is 0 Å². The summed E-state index contributed by atoms with van der Waals surface area (Å²) in [7, 11) is 0. The van der Waals surface area contributed by atoms with Gasteiger partial charge in [-0.15, -0.1) is 0 Å². The molecule has 0 saturated heterocycles. The second kappa shape index (κ2) is 12.1. The number of fused-ring (bicyclic) bond motifs is 10. The Labute approximate surface area is 335 Å². The monoisotopic (exact) mass is 709 g/mol. The molecule has 0 atom stereocenters. The molecule has 11 rings (SSSR count). The van der Waals surface area contributed by atoms with E-state index in [2.05, 4.69) is 15.0 Å². The molecule has 0 N–H and O–H groups in total. The average Bonchev–Trinajstić information content (AvgIpc) is 3.96. The summed E-state index contributed by atoms with van der Waals surface area (Å²) in [5.41, 5.74) is -1.26. The van der Waals surface area contributed by atoms with E-state index in [0.717, 1.165) is 21.5 Å². The van der Waals surface area contributed by atoms with Crippen LogP contribution in [0.3, 0.4) is 0 Å². The first kappa shape index (κ1) is 17.4. The van der Waals surface area contributed by atoms with Crippen LogP contribution in [0.1, 0.15) is 24.7 Å². The summed E-state index contributed by atoms with van der Waals surface area (Å²) in [5.74, 6) is -1.37. The van der Waals surface area contributed by atoms with Crippen LogP contribution >= 0.6 is 0 Å². The lowest BCUT2D eigenvalue weighted by molar-refractivity contribution is 0.665. The van der Waals surface area contributed by atoms with Crippen molar-refractivity contribution in [2.45, 2.75) is 0 Å². The van der Waals surface area contributed by atoms with Gasteiger partial charge in [0.25, 0.3) is 0 Å². The van der Waals surface area contributed by atoms with Gasteiger partial charge < -0.3 is 8.83 Å². The molecule has 54 heavy (non-hydrogen) atoms. The molecule has 5 heteroatoms. The maximum absolute atomic E-state index is 9.23. The Morgan fingerprint density at radius 2 is 0.815 bits per heavy atom. The molecule has 252 valence electrons. The van der Waals surface area contributed by atoms with E-state index in [0.29, 0.717) is 33.1 Å². The molecule has 0 unspecified atom stereocenters. The molecule has 0 bridgehead atoms. The predicted molar refractivity (Wildman–Crippen MR) is 219 cm³/mol. The van der Waals surface area contributed by atoms with Crippen molar-refractivity contribution >= 4 is 54.6 Å². The molecule has 5 nitrogen and oxygen atoms in total. The number of para-hydroxylation sites is 1. The molecule has 8 aromatic carbocycles. The van der Waals surface area contributed by atoms with Gasteiger partial charge in [-0.05, 0) is 45.8 Å². The minimum atomic E-state index is -0.826. The van der Waals surface area contributed by atoms with Crippen molar-refractivity contribution in [3.05, 3.63) is 175 Å². The van der Waals surface area contributed by atoms with Crippen LogP contribution < -0.4 is 0 Å². The molecular formula is C49H29N3O2. The van der Waals surface area contributed by atoms with Crippen LogP contribution in [0.4, 0.5) is 0 Å². The zero-order valence-corrected chi connectivity index (χ0v) is 27.5. The van der Waals surface area contributed by atoms with Crippen molar-refractivity contribution in [3.8, 4) is 56.4 Å². The Hall–Kier alpha value is -7.37. The van der Waals surface area contributed by atoms with E-state index < -0.39 is 154 Å². The van der Waals surface area contributed by atoms with Crippen molar-refractivity contribution in [2.75, 3.05) is 0 Å². The zero-order chi connectivity index (χ0) is 51.3. The Morgan fingerprint density at radius 1 is 0.352 bits per heavy atom. The molecule has 11 aromatic rings. The molecule has 3 heterocycles. The highest BCUT2D eigenvalue weighted by Gasteiger charge is 2.22. The van der Waals surface area contributed by atoms with Crippen LogP contribution in [0.25, 0.3) is 111 Å². The Kier molecular flexibility index (Phi) is 3.91. The summed E-state index contributed by atoms with van der Waals surface area (Å²) in [6.45, 7) is 0. The molecule has 0 radical (unpaired) electrons. The highest BCUT2D eigenvalue weighted by Crippen LogP contribution is 2.45. The van der Waals surface area contributed by atoms with Gasteiger partial charge in [-0.1, -0.05) is 157 Å². The van der Waals surface area contributed by atoms with Crippen molar-refractivity contribution in [1.29, 1.82) is 0 Å². The highest BCUT2D eigenvalue weighted by molar-refractivity contribution is 6.33. The second-order valence-electron chi connectivity index (χ2n) is 12.2. The van der Waals surface area contributed by atoms with Gasteiger partial charge in [0.15, 0.2) is 17.5 Å². The molecule has 0 amide bonds. The summed E-state index contributed by atoms with van der Waals surface area (Å²) >= 11 is 0. The lowest BCUT2D eigenvalue weighted by Crippen LogP contribution is -2.00. The minimum Gasteiger partial charge on any atom is -0.455 e. The minimum absolute atomic E-state index is 0.202. The van der Waals surface area contributed by atoms with Gasteiger partial charge in [0.05, 0.1) is 30.1 Å². The Morgan fingerprint density at radius 3 is 1.43 bits per heavy atom. The Balaban J connectivity index is 1.19. The van der Waals surface area contributed by atoms with E-state index in [1.807, 2.05) is 48.5 Å². The van der Waals surface area contributed by atoms with Crippen molar-refractivity contribution in [2.24, 2.45) is 0 Å². The predicted octanol–water partition coefficient (Wildman–Crippen LogP) is 13.2. The van der Waals surface area contributed by atoms with Gasteiger partial charge in [0, 0.05) is 38.2 Å². The van der Waals surface area contributed by atoms with Crippen molar-refractivity contribution < 1.29 is 33.5 Å². The lowest BCUT2D eigenvalue weighted by atomic mass is 9.99. The maximum Gasteiger partial charge on any atom is 0.164 e. The van der Waals surface area contributed by atoms with E-state index in [-0.39, 0.29) is 11.4 Å². The third-order valence-corrected chi connectivity index (χ3v) is 9.04. The fourth-order valence-corrected chi connectivity index (χ4v) is 6.62. The molecule has 0 saturated carbocycles. The number of aromatic nitrogens is 3. The fraction of sp³-hybridized carbons (Fsp3) is 0. The first-order valence-corrected chi connectivity index (χ1v) is 16.6. The van der Waals surface area contributed by atoms with Crippen LogP contribution in [-0.4, -0.2) is 15.0 Å².